The molecule has 0 saturated carbocycles. The highest BCUT2D eigenvalue weighted by Crippen LogP contribution is 2.25. The number of benzene rings is 1. The van der Waals surface area contributed by atoms with E-state index >= 15 is 0 Å². The third-order valence-corrected chi connectivity index (χ3v) is 3.19. The van der Waals surface area contributed by atoms with E-state index in [1.165, 1.54) is 16.7 Å². The molecule has 0 bridgehead atoms. The van der Waals surface area contributed by atoms with Gasteiger partial charge in [0.25, 0.3) is 0 Å². The van der Waals surface area contributed by atoms with Gasteiger partial charge in [0.05, 0.1) is 12.3 Å². The summed E-state index contributed by atoms with van der Waals surface area (Å²) in [6, 6.07) is 10.9. The maximum absolute atomic E-state index is 5.39. The number of rotatable bonds is 4. The van der Waals surface area contributed by atoms with Crippen molar-refractivity contribution in [3.05, 3.63) is 59.0 Å². The van der Waals surface area contributed by atoms with Gasteiger partial charge in [0.15, 0.2) is 0 Å². The Balaban J connectivity index is 2.38. The summed E-state index contributed by atoms with van der Waals surface area (Å²) in [6.07, 6.45) is 2.81. The number of nitrogens with one attached hydrogen (secondary N) is 1. The minimum Gasteiger partial charge on any atom is -0.469 e. The van der Waals surface area contributed by atoms with Crippen molar-refractivity contribution in [2.75, 3.05) is 7.05 Å². The van der Waals surface area contributed by atoms with Crippen LogP contribution in [-0.4, -0.2) is 7.05 Å². The molecule has 0 aliphatic carbocycles. The Kier molecular flexibility index (Phi) is 3.64. The third kappa shape index (κ3) is 2.42. The zero-order chi connectivity index (χ0) is 12.3. The van der Waals surface area contributed by atoms with Crippen molar-refractivity contribution in [2.45, 2.75) is 26.3 Å². The zero-order valence-electron chi connectivity index (χ0n) is 10.7. The van der Waals surface area contributed by atoms with Gasteiger partial charge in [0.1, 0.15) is 5.76 Å². The molecule has 1 unspecified atom stereocenters. The molecule has 0 saturated heterocycles. The van der Waals surface area contributed by atoms with E-state index in [9.17, 15) is 0 Å². The van der Waals surface area contributed by atoms with Gasteiger partial charge in [0, 0.05) is 5.56 Å². The quantitative estimate of drug-likeness (QED) is 0.868. The van der Waals surface area contributed by atoms with Gasteiger partial charge >= 0.3 is 0 Å². The van der Waals surface area contributed by atoms with Crippen molar-refractivity contribution < 1.29 is 4.42 Å². The topological polar surface area (TPSA) is 25.2 Å². The van der Waals surface area contributed by atoms with Crippen molar-refractivity contribution in [1.82, 2.24) is 5.32 Å². The molecule has 0 aliphatic heterocycles. The monoisotopic (exact) mass is 229 g/mol. The van der Waals surface area contributed by atoms with Crippen molar-refractivity contribution in [3.8, 4) is 0 Å². The van der Waals surface area contributed by atoms with E-state index in [1.807, 2.05) is 20.0 Å². The smallest absolute Gasteiger partial charge is 0.105 e. The number of hydrogen-bond donors (Lipinski definition) is 1. The van der Waals surface area contributed by atoms with Gasteiger partial charge in [-0.25, -0.2) is 0 Å². The number of furan rings is 1. The Hall–Kier alpha value is -1.54. The summed E-state index contributed by atoms with van der Waals surface area (Å²) in [7, 11) is 1.98. The molecule has 1 heterocycles. The molecule has 1 aromatic heterocycles. The van der Waals surface area contributed by atoms with E-state index in [0.717, 1.165) is 12.2 Å². The predicted octanol–water partition coefficient (Wildman–Crippen LogP) is 3.46. The lowest BCUT2D eigenvalue weighted by atomic mass is 9.97. The van der Waals surface area contributed by atoms with Crippen LogP contribution in [0.1, 0.15) is 35.4 Å². The SMILES string of the molecule is CCc1cccc(C(NC)c2ccoc2C)c1. The standard InChI is InChI=1S/C15H19NO/c1-4-12-6-5-7-13(10-12)15(16-3)14-8-9-17-11(14)2/h5-10,15-16H,4H2,1-3H3. The molecule has 0 radical (unpaired) electrons. The first-order valence-electron chi connectivity index (χ1n) is 6.06. The molecule has 1 atom stereocenters. The Bertz CT molecular complexity index is 487. The van der Waals surface area contributed by atoms with Crippen LogP contribution < -0.4 is 5.32 Å². The first kappa shape index (κ1) is 11.9. The van der Waals surface area contributed by atoms with Crippen molar-refractivity contribution in [1.29, 1.82) is 0 Å². The largest absolute Gasteiger partial charge is 0.469 e. The molecule has 0 aliphatic rings. The minimum atomic E-state index is 0.209. The van der Waals surface area contributed by atoms with Crippen LogP contribution in [-0.2, 0) is 6.42 Å². The lowest BCUT2D eigenvalue weighted by Crippen LogP contribution is -2.18. The highest BCUT2D eigenvalue weighted by Gasteiger charge is 2.16. The maximum Gasteiger partial charge on any atom is 0.105 e. The fourth-order valence-corrected chi connectivity index (χ4v) is 2.19. The van der Waals surface area contributed by atoms with Crippen LogP contribution in [0.25, 0.3) is 0 Å². The fourth-order valence-electron chi connectivity index (χ4n) is 2.19. The second-order valence-electron chi connectivity index (χ2n) is 4.25. The van der Waals surface area contributed by atoms with Crippen molar-refractivity contribution >= 4 is 0 Å². The predicted molar refractivity (Wildman–Crippen MR) is 70.2 cm³/mol. The van der Waals surface area contributed by atoms with Crippen LogP contribution in [0, 0.1) is 6.92 Å². The second kappa shape index (κ2) is 5.19. The maximum atomic E-state index is 5.39. The van der Waals surface area contributed by atoms with E-state index < -0.39 is 0 Å². The Labute approximate surface area is 103 Å². The number of hydrogen-bond acceptors (Lipinski definition) is 2. The lowest BCUT2D eigenvalue weighted by molar-refractivity contribution is 0.523. The molecular formula is C15H19NO. The van der Waals surface area contributed by atoms with Gasteiger partial charge in [-0.05, 0) is 37.6 Å². The molecule has 90 valence electrons. The van der Waals surface area contributed by atoms with Crippen molar-refractivity contribution in [2.24, 2.45) is 0 Å². The van der Waals surface area contributed by atoms with Gasteiger partial charge < -0.3 is 9.73 Å². The second-order valence-corrected chi connectivity index (χ2v) is 4.25. The summed E-state index contributed by atoms with van der Waals surface area (Å²) in [5.41, 5.74) is 3.86. The van der Waals surface area contributed by atoms with Crippen LogP contribution in [0.4, 0.5) is 0 Å². The lowest BCUT2D eigenvalue weighted by Gasteiger charge is -2.17. The summed E-state index contributed by atoms with van der Waals surface area (Å²) >= 11 is 0. The number of aryl methyl sites for hydroxylation is 2. The van der Waals surface area contributed by atoms with Gasteiger partial charge in [-0.15, -0.1) is 0 Å². The van der Waals surface area contributed by atoms with E-state index in [2.05, 4.69) is 36.5 Å². The van der Waals surface area contributed by atoms with E-state index in [4.69, 9.17) is 4.42 Å². The average molecular weight is 229 g/mol. The summed E-state index contributed by atoms with van der Waals surface area (Å²) in [5, 5.41) is 3.35. The minimum absolute atomic E-state index is 0.209. The molecule has 0 spiro atoms. The van der Waals surface area contributed by atoms with Crippen molar-refractivity contribution in [3.63, 3.8) is 0 Å². The molecule has 17 heavy (non-hydrogen) atoms. The molecule has 2 heteroatoms. The molecule has 2 nitrogen and oxygen atoms in total. The van der Waals surface area contributed by atoms with Gasteiger partial charge in [-0.2, -0.15) is 0 Å². The summed E-state index contributed by atoms with van der Waals surface area (Å²) < 4.78 is 5.39. The highest BCUT2D eigenvalue weighted by atomic mass is 16.3. The van der Waals surface area contributed by atoms with E-state index in [1.54, 1.807) is 6.26 Å². The van der Waals surface area contributed by atoms with Crippen LogP contribution in [0.3, 0.4) is 0 Å². The molecule has 0 amide bonds. The first-order valence-corrected chi connectivity index (χ1v) is 6.06. The molecule has 2 rings (SSSR count). The Morgan fingerprint density at radius 1 is 1.29 bits per heavy atom. The molecule has 0 fully saturated rings. The molecule has 1 aromatic carbocycles. The average Bonchev–Trinajstić information content (AvgIpc) is 2.77. The fraction of sp³-hybridized carbons (Fsp3) is 0.333. The van der Waals surface area contributed by atoms with Gasteiger partial charge in [-0.1, -0.05) is 31.2 Å². The Morgan fingerprint density at radius 3 is 2.71 bits per heavy atom. The van der Waals surface area contributed by atoms with Crippen LogP contribution in [0.2, 0.25) is 0 Å². The Morgan fingerprint density at radius 2 is 2.12 bits per heavy atom. The first-order chi connectivity index (χ1) is 8.26. The van der Waals surface area contributed by atoms with Crippen LogP contribution >= 0.6 is 0 Å². The summed E-state index contributed by atoms with van der Waals surface area (Å²) in [5.74, 6) is 0.978. The normalized spacial score (nSPS) is 12.6. The molecule has 2 aromatic rings. The zero-order valence-corrected chi connectivity index (χ0v) is 10.7. The van der Waals surface area contributed by atoms with Crippen LogP contribution in [0.5, 0.6) is 0 Å². The van der Waals surface area contributed by atoms with E-state index in [-0.39, 0.29) is 6.04 Å². The highest BCUT2D eigenvalue weighted by molar-refractivity contribution is 5.35. The summed E-state index contributed by atoms with van der Waals surface area (Å²) in [4.78, 5) is 0. The third-order valence-electron chi connectivity index (χ3n) is 3.19. The summed E-state index contributed by atoms with van der Waals surface area (Å²) in [6.45, 7) is 4.18. The van der Waals surface area contributed by atoms with Gasteiger partial charge in [-0.3, -0.25) is 0 Å². The molecule has 1 N–H and O–H groups in total. The van der Waals surface area contributed by atoms with Gasteiger partial charge in [0.2, 0.25) is 0 Å². The van der Waals surface area contributed by atoms with Crippen LogP contribution in [0.15, 0.2) is 41.0 Å². The molecular weight excluding hydrogens is 210 g/mol. The van der Waals surface area contributed by atoms with E-state index in [0.29, 0.717) is 0 Å².